The number of nitrogens with zero attached hydrogens (tertiary/aromatic N) is 2. The number of piperidine rings is 1. The Balaban J connectivity index is 1.31. The second-order valence-corrected chi connectivity index (χ2v) is 8.55. The van der Waals surface area contributed by atoms with Crippen molar-refractivity contribution in [3.63, 3.8) is 0 Å². The third-order valence-electron chi connectivity index (χ3n) is 5.26. The van der Waals surface area contributed by atoms with Crippen LogP contribution in [0.2, 0.25) is 0 Å². The van der Waals surface area contributed by atoms with Crippen LogP contribution in [-0.4, -0.2) is 40.7 Å². The molecular weight excluding hydrogens is 424 g/mol. The van der Waals surface area contributed by atoms with E-state index in [1.807, 2.05) is 40.6 Å². The number of thiazole rings is 1. The minimum absolute atomic E-state index is 0.0608. The summed E-state index contributed by atoms with van der Waals surface area (Å²) < 4.78 is 0. The molecule has 2 aromatic carbocycles. The zero-order valence-electron chi connectivity index (χ0n) is 17.5. The third-order valence-corrected chi connectivity index (χ3v) is 6.11. The summed E-state index contributed by atoms with van der Waals surface area (Å²) in [5.41, 5.74) is 7.43. The van der Waals surface area contributed by atoms with Gasteiger partial charge in [0.25, 0.3) is 11.8 Å². The van der Waals surface area contributed by atoms with Crippen LogP contribution >= 0.6 is 11.3 Å². The summed E-state index contributed by atoms with van der Waals surface area (Å²) in [6.45, 7) is 1.49. The predicted octanol–water partition coefficient (Wildman–Crippen LogP) is 3.44. The molecule has 1 aliphatic rings. The van der Waals surface area contributed by atoms with Gasteiger partial charge >= 0.3 is 0 Å². The number of carbonyl (C=O) groups excluding carboxylic acids is 3. The van der Waals surface area contributed by atoms with Gasteiger partial charge in [-0.2, -0.15) is 0 Å². The molecule has 1 aliphatic heterocycles. The molecule has 0 spiro atoms. The molecule has 164 valence electrons. The summed E-state index contributed by atoms with van der Waals surface area (Å²) in [5, 5.41) is 2.56. The monoisotopic (exact) mass is 448 g/mol. The Bertz CT molecular complexity index is 1110. The molecule has 0 bridgehead atoms. The topological polar surface area (TPSA) is 91.4 Å². The molecular formula is C24H24N4O3S. The van der Waals surface area contributed by atoms with Gasteiger partial charge in [-0.1, -0.05) is 36.4 Å². The number of carbonyl (C=O) groups is 3. The smallest absolute Gasteiger partial charge is 0.269 e. The van der Waals surface area contributed by atoms with Gasteiger partial charge in [0.15, 0.2) is 0 Å². The number of hydrogen-bond donors (Lipinski definition) is 2. The maximum Gasteiger partial charge on any atom is 0.269 e. The molecule has 0 aliphatic carbocycles. The lowest BCUT2D eigenvalue weighted by Gasteiger charge is -2.26. The van der Waals surface area contributed by atoms with Crippen LogP contribution < -0.4 is 10.9 Å². The second-order valence-electron chi connectivity index (χ2n) is 7.61. The van der Waals surface area contributed by atoms with Crippen molar-refractivity contribution >= 4 is 29.1 Å². The lowest BCUT2D eigenvalue weighted by atomic mass is 10.1. The number of hydrazine groups is 1. The number of aromatic nitrogens is 1. The van der Waals surface area contributed by atoms with Gasteiger partial charge in [-0.25, -0.2) is 4.98 Å². The van der Waals surface area contributed by atoms with Gasteiger partial charge in [0.2, 0.25) is 5.91 Å². The van der Waals surface area contributed by atoms with Crippen LogP contribution in [0.25, 0.3) is 11.3 Å². The minimum atomic E-state index is -0.476. The first kappa shape index (κ1) is 21.7. The molecule has 7 nitrogen and oxygen atoms in total. The van der Waals surface area contributed by atoms with Crippen LogP contribution in [0.3, 0.4) is 0 Å². The van der Waals surface area contributed by atoms with Gasteiger partial charge in [-0.05, 0) is 37.5 Å². The number of benzene rings is 2. The van der Waals surface area contributed by atoms with E-state index in [1.54, 1.807) is 24.3 Å². The fraction of sp³-hybridized carbons (Fsp3) is 0.250. The van der Waals surface area contributed by atoms with E-state index in [-0.39, 0.29) is 18.2 Å². The minimum Gasteiger partial charge on any atom is -0.339 e. The number of hydrogen-bond acceptors (Lipinski definition) is 5. The number of rotatable bonds is 5. The van der Waals surface area contributed by atoms with Crippen molar-refractivity contribution in [1.82, 2.24) is 20.7 Å². The van der Waals surface area contributed by atoms with E-state index >= 15 is 0 Å². The maximum atomic E-state index is 12.7. The van der Waals surface area contributed by atoms with Gasteiger partial charge in [0, 0.05) is 35.2 Å². The molecule has 1 fully saturated rings. The van der Waals surface area contributed by atoms with Crippen molar-refractivity contribution in [2.24, 2.45) is 0 Å². The predicted molar refractivity (Wildman–Crippen MR) is 123 cm³/mol. The van der Waals surface area contributed by atoms with E-state index in [2.05, 4.69) is 15.8 Å². The molecule has 3 amide bonds. The Labute approximate surface area is 190 Å². The molecule has 0 radical (unpaired) electrons. The van der Waals surface area contributed by atoms with E-state index in [0.717, 1.165) is 43.6 Å². The fourth-order valence-electron chi connectivity index (χ4n) is 3.59. The Morgan fingerprint density at radius 2 is 1.66 bits per heavy atom. The Kier molecular flexibility index (Phi) is 6.91. The standard InChI is InChI=1S/C24H24N4O3S/c29-21(15-22-25-20(16-32-22)17-8-3-1-4-9-17)26-27-23(30)18-10-7-11-19(14-18)24(31)28-12-5-2-6-13-28/h1,3-4,7-11,14,16H,2,5-6,12-13,15H2,(H,26,29)(H,27,30). The van der Waals surface area contributed by atoms with Crippen molar-refractivity contribution in [1.29, 1.82) is 0 Å². The molecule has 8 heteroatoms. The van der Waals surface area contributed by atoms with Crippen LogP contribution in [0.5, 0.6) is 0 Å². The molecule has 32 heavy (non-hydrogen) atoms. The van der Waals surface area contributed by atoms with E-state index in [1.165, 1.54) is 11.3 Å². The lowest BCUT2D eigenvalue weighted by molar-refractivity contribution is -0.121. The van der Waals surface area contributed by atoms with Crippen molar-refractivity contribution in [2.75, 3.05) is 13.1 Å². The summed E-state index contributed by atoms with van der Waals surface area (Å²) in [4.78, 5) is 43.7. The lowest BCUT2D eigenvalue weighted by Crippen LogP contribution is -2.42. The number of amides is 3. The average Bonchev–Trinajstić information content (AvgIpc) is 3.31. The summed E-state index contributed by atoms with van der Waals surface area (Å²) in [6.07, 6.45) is 3.21. The van der Waals surface area contributed by atoms with Gasteiger partial charge in [-0.3, -0.25) is 25.2 Å². The average molecular weight is 449 g/mol. The molecule has 0 unspecified atom stereocenters. The highest BCUT2D eigenvalue weighted by molar-refractivity contribution is 7.10. The molecule has 2 heterocycles. The Hall–Kier alpha value is -3.52. The Morgan fingerprint density at radius 1 is 0.906 bits per heavy atom. The van der Waals surface area contributed by atoms with Crippen LogP contribution in [0.4, 0.5) is 0 Å². The van der Waals surface area contributed by atoms with Crippen molar-refractivity contribution < 1.29 is 14.4 Å². The van der Waals surface area contributed by atoms with Crippen LogP contribution in [0.15, 0.2) is 60.0 Å². The molecule has 1 aromatic heterocycles. The van der Waals surface area contributed by atoms with Crippen molar-refractivity contribution in [3.8, 4) is 11.3 Å². The second kappa shape index (κ2) is 10.2. The molecule has 0 atom stereocenters. The van der Waals surface area contributed by atoms with Gasteiger partial charge in [0.05, 0.1) is 12.1 Å². The van der Waals surface area contributed by atoms with Crippen LogP contribution in [-0.2, 0) is 11.2 Å². The molecule has 4 rings (SSSR count). The zero-order chi connectivity index (χ0) is 22.3. The van der Waals surface area contributed by atoms with E-state index in [0.29, 0.717) is 16.1 Å². The molecule has 2 N–H and O–H groups in total. The van der Waals surface area contributed by atoms with E-state index < -0.39 is 5.91 Å². The quantitative estimate of drug-likeness (QED) is 0.585. The molecule has 3 aromatic rings. The first-order valence-corrected chi connectivity index (χ1v) is 11.5. The van der Waals surface area contributed by atoms with Crippen LogP contribution in [0.1, 0.15) is 45.0 Å². The van der Waals surface area contributed by atoms with Gasteiger partial charge < -0.3 is 4.90 Å². The van der Waals surface area contributed by atoms with E-state index in [9.17, 15) is 14.4 Å². The van der Waals surface area contributed by atoms with Gasteiger partial charge in [-0.15, -0.1) is 11.3 Å². The highest BCUT2D eigenvalue weighted by Crippen LogP contribution is 2.21. The number of nitrogens with one attached hydrogen (secondary N) is 2. The Morgan fingerprint density at radius 3 is 2.44 bits per heavy atom. The first-order chi connectivity index (χ1) is 15.6. The van der Waals surface area contributed by atoms with E-state index in [4.69, 9.17) is 0 Å². The van der Waals surface area contributed by atoms with Crippen molar-refractivity contribution in [2.45, 2.75) is 25.7 Å². The first-order valence-electron chi connectivity index (χ1n) is 10.6. The normalized spacial score (nSPS) is 13.4. The largest absolute Gasteiger partial charge is 0.339 e. The SMILES string of the molecule is O=C(Cc1nc(-c2ccccc2)cs1)NNC(=O)c1cccc(C(=O)N2CCCCC2)c1. The van der Waals surface area contributed by atoms with Gasteiger partial charge in [0.1, 0.15) is 5.01 Å². The zero-order valence-corrected chi connectivity index (χ0v) is 18.4. The summed E-state index contributed by atoms with van der Waals surface area (Å²) in [5.74, 6) is -0.912. The highest BCUT2D eigenvalue weighted by atomic mass is 32.1. The summed E-state index contributed by atoms with van der Waals surface area (Å²) in [7, 11) is 0. The van der Waals surface area contributed by atoms with Crippen LogP contribution in [0, 0.1) is 0 Å². The molecule has 0 saturated carbocycles. The summed E-state index contributed by atoms with van der Waals surface area (Å²) >= 11 is 1.40. The van der Waals surface area contributed by atoms with Crippen molar-refractivity contribution in [3.05, 3.63) is 76.1 Å². The highest BCUT2D eigenvalue weighted by Gasteiger charge is 2.19. The third kappa shape index (κ3) is 5.39. The number of likely N-dealkylation sites (tertiary alicyclic amines) is 1. The maximum absolute atomic E-state index is 12.7. The summed E-state index contributed by atoms with van der Waals surface area (Å²) in [6, 6.07) is 16.3. The molecule has 1 saturated heterocycles. The fourth-order valence-corrected chi connectivity index (χ4v) is 4.39.